The molecule has 0 heterocycles. The number of rotatable bonds is 20. The first-order chi connectivity index (χ1) is 17.2. The molecule has 0 aliphatic heterocycles. The van der Waals surface area contributed by atoms with Crippen LogP contribution >= 0.6 is 15.9 Å². The van der Waals surface area contributed by atoms with Gasteiger partial charge in [0.15, 0.2) is 5.78 Å². The average Bonchev–Trinajstić information content (AvgIpc) is 2.88. The first kappa shape index (κ1) is 29.6. The van der Waals surface area contributed by atoms with E-state index in [0.29, 0.717) is 5.56 Å². The summed E-state index contributed by atoms with van der Waals surface area (Å²) in [6.07, 6.45) is 27.3. The van der Waals surface area contributed by atoms with Crippen molar-refractivity contribution >= 4 is 27.8 Å². The molecule has 2 rings (SSSR count). The summed E-state index contributed by atoms with van der Waals surface area (Å²) in [5.74, 6) is 0.0368. The monoisotopic (exact) mass is 538 g/mol. The Balaban J connectivity index is 1.44. The molecule has 192 valence electrons. The maximum absolute atomic E-state index is 12.3. The topological polar surface area (TPSA) is 17.1 Å². The lowest BCUT2D eigenvalue weighted by molar-refractivity contribution is 0.104. The van der Waals surface area contributed by atoms with Gasteiger partial charge < -0.3 is 0 Å². The van der Waals surface area contributed by atoms with Crippen LogP contribution in [0.15, 0.2) is 59.1 Å². The molecule has 0 radical (unpaired) electrons. The van der Waals surface area contributed by atoms with Crippen molar-refractivity contribution in [3.8, 4) is 0 Å². The largest absolute Gasteiger partial charge is 0.289 e. The molecule has 1 nitrogen and oxygen atoms in total. The van der Waals surface area contributed by atoms with Gasteiger partial charge in [0.1, 0.15) is 0 Å². The van der Waals surface area contributed by atoms with E-state index in [9.17, 15) is 4.79 Å². The van der Waals surface area contributed by atoms with Crippen LogP contribution in [0.5, 0.6) is 0 Å². The second kappa shape index (κ2) is 19.5. The highest BCUT2D eigenvalue weighted by Crippen LogP contribution is 2.16. The number of allylic oxidation sites excluding steroid dienone is 1. The quantitative estimate of drug-likeness (QED) is 0.0929. The Morgan fingerprint density at radius 1 is 0.629 bits per heavy atom. The summed E-state index contributed by atoms with van der Waals surface area (Å²) < 4.78 is 0.984. The smallest absolute Gasteiger partial charge is 0.185 e. The Kier molecular flexibility index (Phi) is 16.5. The molecular formula is C33H47BrO. The SMILES string of the molecule is CCCCCCCCCCCCCCCCCCc1ccc(C=CC(=O)c2ccc(Br)cc2)cc1. The van der Waals surface area contributed by atoms with E-state index in [1.165, 1.54) is 108 Å². The van der Waals surface area contributed by atoms with Crippen molar-refractivity contribution in [3.63, 3.8) is 0 Å². The minimum atomic E-state index is 0.0368. The fraction of sp³-hybridized carbons (Fsp3) is 0.545. The van der Waals surface area contributed by atoms with Crippen LogP contribution < -0.4 is 0 Å². The van der Waals surface area contributed by atoms with E-state index >= 15 is 0 Å². The number of unbranched alkanes of at least 4 members (excludes halogenated alkanes) is 15. The first-order valence-corrected chi connectivity index (χ1v) is 15.1. The van der Waals surface area contributed by atoms with Gasteiger partial charge in [0.05, 0.1) is 0 Å². The van der Waals surface area contributed by atoms with Crippen LogP contribution in [0.4, 0.5) is 0 Å². The second-order valence-corrected chi connectivity index (χ2v) is 10.9. The predicted octanol–water partition coefficient (Wildman–Crippen LogP) is 11.1. The average molecular weight is 540 g/mol. The molecule has 35 heavy (non-hydrogen) atoms. The van der Waals surface area contributed by atoms with E-state index in [1.54, 1.807) is 6.08 Å². The molecule has 0 spiro atoms. The van der Waals surface area contributed by atoms with Gasteiger partial charge in [-0.2, -0.15) is 0 Å². The lowest BCUT2D eigenvalue weighted by atomic mass is 10.0. The fourth-order valence-corrected chi connectivity index (χ4v) is 4.82. The van der Waals surface area contributed by atoms with Crippen molar-refractivity contribution in [1.29, 1.82) is 0 Å². The zero-order chi connectivity index (χ0) is 25.0. The van der Waals surface area contributed by atoms with Crippen molar-refractivity contribution in [2.24, 2.45) is 0 Å². The van der Waals surface area contributed by atoms with Gasteiger partial charge in [0.2, 0.25) is 0 Å². The van der Waals surface area contributed by atoms with Gasteiger partial charge in [-0.3, -0.25) is 4.79 Å². The standard InChI is InChI=1S/C33H47BrO/c1-2-3-4-5-6-7-8-9-10-11-12-13-14-15-16-17-18-29-19-21-30(22-20-29)23-28-33(35)31-24-26-32(34)27-25-31/h19-28H,2-18H2,1H3. The summed E-state index contributed by atoms with van der Waals surface area (Å²) in [6.45, 7) is 2.29. The molecule has 0 fully saturated rings. The highest BCUT2D eigenvalue weighted by atomic mass is 79.9. The summed E-state index contributed by atoms with van der Waals surface area (Å²) in [6, 6.07) is 16.1. The predicted molar refractivity (Wildman–Crippen MR) is 157 cm³/mol. The normalized spacial score (nSPS) is 11.4. The lowest BCUT2D eigenvalue weighted by Gasteiger charge is -2.04. The highest BCUT2D eigenvalue weighted by molar-refractivity contribution is 9.10. The van der Waals surface area contributed by atoms with Crippen LogP contribution in [0.3, 0.4) is 0 Å². The van der Waals surface area contributed by atoms with Crippen molar-refractivity contribution < 1.29 is 4.79 Å². The van der Waals surface area contributed by atoms with E-state index in [2.05, 4.69) is 47.1 Å². The van der Waals surface area contributed by atoms with Crippen molar-refractivity contribution in [2.75, 3.05) is 0 Å². The molecule has 0 bridgehead atoms. The number of hydrogen-bond donors (Lipinski definition) is 0. The van der Waals surface area contributed by atoms with Gasteiger partial charge in [-0.25, -0.2) is 0 Å². The number of hydrogen-bond acceptors (Lipinski definition) is 1. The number of ketones is 1. The molecule has 0 atom stereocenters. The number of benzene rings is 2. The number of carbonyl (C=O) groups excluding carboxylic acids is 1. The molecular weight excluding hydrogens is 492 g/mol. The van der Waals surface area contributed by atoms with Gasteiger partial charge in [0, 0.05) is 10.0 Å². The third-order valence-corrected chi connectivity index (χ3v) is 7.38. The second-order valence-electron chi connectivity index (χ2n) is 10.00. The molecule has 0 amide bonds. The Morgan fingerprint density at radius 2 is 1.09 bits per heavy atom. The Bertz CT molecular complexity index is 819. The number of halogens is 1. The van der Waals surface area contributed by atoms with Crippen LogP contribution in [0.2, 0.25) is 0 Å². The summed E-state index contributed by atoms with van der Waals surface area (Å²) in [4.78, 5) is 12.3. The first-order valence-electron chi connectivity index (χ1n) is 14.3. The summed E-state index contributed by atoms with van der Waals surface area (Å²) in [5, 5.41) is 0. The fourth-order valence-electron chi connectivity index (χ4n) is 4.55. The van der Waals surface area contributed by atoms with Crippen LogP contribution in [-0.4, -0.2) is 5.78 Å². The Labute approximate surface area is 223 Å². The van der Waals surface area contributed by atoms with Crippen LogP contribution in [0.25, 0.3) is 6.08 Å². The van der Waals surface area contributed by atoms with Crippen molar-refractivity contribution in [1.82, 2.24) is 0 Å². The highest BCUT2D eigenvalue weighted by Gasteiger charge is 2.01. The maximum atomic E-state index is 12.3. The van der Waals surface area contributed by atoms with Gasteiger partial charge in [-0.1, -0.05) is 150 Å². The zero-order valence-corrected chi connectivity index (χ0v) is 23.7. The minimum absolute atomic E-state index is 0.0368. The maximum Gasteiger partial charge on any atom is 0.185 e. The Morgan fingerprint density at radius 3 is 1.57 bits per heavy atom. The molecule has 0 aliphatic rings. The van der Waals surface area contributed by atoms with Gasteiger partial charge in [0.25, 0.3) is 0 Å². The summed E-state index contributed by atoms with van der Waals surface area (Å²) >= 11 is 3.40. The van der Waals surface area contributed by atoms with E-state index in [0.717, 1.165) is 16.5 Å². The lowest BCUT2D eigenvalue weighted by Crippen LogP contribution is -1.93. The van der Waals surface area contributed by atoms with E-state index in [4.69, 9.17) is 0 Å². The number of carbonyl (C=O) groups is 1. The molecule has 2 heteroatoms. The van der Waals surface area contributed by atoms with Gasteiger partial charge >= 0.3 is 0 Å². The number of aryl methyl sites for hydroxylation is 1. The minimum Gasteiger partial charge on any atom is -0.289 e. The molecule has 2 aromatic rings. The molecule has 2 aromatic carbocycles. The molecule has 0 saturated heterocycles. The van der Waals surface area contributed by atoms with Crippen molar-refractivity contribution in [3.05, 3.63) is 75.8 Å². The van der Waals surface area contributed by atoms with Gasteiger partial charge in [-0.05, 0) is 54.3 Å². The zero-order valence-electron chi connectivity index (χ0n) is 22.1. The third kappa shape index (κ3) is 14.5. The van der Waals surface area contributed by atoms with Gasteiger partial charge in [-0.15, -0.1) is 0 Å². The summed E-state index contributed by atoms with van der Waals surface area (Å²) in [5.41, 5.74) is 3.18. The van der Waals surface area contributed by atoms with Crippen LogP contribution in [0, 0.1) is 0 Å². The van der Waals surface area contributed by atoms with Crippen LogP contribution in [-0.2, 0) is 6.42 Å². The van der Waals surface area contributed by atoms with E-state index in [1.807, 2.05) is 30.3 Å². The van der Waals surface area contributed by atoms with E-state index < -0.39 is 0 Å². The molecule has 0 aliphatic carbocycles. The van der Waals surface area contributed by atoms with Crippen LogP contribution in [0.1, 0.15) is 131 Å². The molecule has 0 N–H and O–H groups in total. The van der Waals surface area contributed by atoms with Crippen molar-refractivity contribution in [2.45, 2.75) is 116 Å². The third-order valence-electron chi connectivity index (χ3n) is 6.85. The summed E-state index contributed by atoms with van der Waals surface area (Å²) in [7, 11) is 0. The molecule has 0 saturated carbocycles. The Hall–Kier alpha value is -1.67. The molecule has 0 unspecified atom stereocenters. The van der Waals surface area contributed by atoms with E-state index in [-0.39, 0.29) is 5.78 Å². The molecule has 0 aromatic heterocycles.